The molecule has 0 amide bonds. The van der Waals surface area contributed by atoms with Crippen molar-refractivity contribution in [1.29, 1.82) is 0 Å². The Morgan fingerprint density at radius 3 is 2.50 bits per heavy atom. The molecule has 0 aromatic carbocycles. The monoisotopic (exact) mass is 314 g/mol. The van der Waals surface area contributed by atoms with Gasteiger partial charge in [-0.25, -0.2) is 17.4 Å². The minimum atomic E-state index is -4.19. The quantitative estimate of drug-likeness (QED) is 0.358. The van der Waals surface area contributed by atoms with E-state index in [-0.39, 0.29) is 6.42 Å². The highest BCUT2D eigenvalue weighted by molar-refractivity contribution is 8.00. The van der Waals surface area contributed by atoms with E-state index in [0.717, 1.165) is 5.75 Å². The highest BCUT2D eigenvalue weighted by atomic mass is 32.2. The Morgan fingerprint density at radius 1 is 1.44 bits per heavy atom. The van der Waals surface area contributed by atoms with Gasteiger partial charge in [0.25, 0.3) is 0 Å². The number of carbonyl (C=O) groups is 1. The fraction of sp³-hybridized carbons (Fsp3) is 0.700. The summed E-state index contributed by atoms with van der Waals surface area (Å²) in [7, 11) is -4.19. The minimum Gasteiger partial charge on any atom is -0.748 e. The topological polar surface area (TPSA) is 83.5 Å². The van der Waals surface area contributed by atoms with Gasteiger partial charge in [-0.3, -0.25) is 0 Å². The van der Waals surface area contributed by atoms with Gasteiger partial charge in [-0.1, -0.05) is 6.58 Å². The van der Waals surface area contributed by atoms with E-state index < -0.39 is 33.0 Å². The summed E-state index contributed by atoms with van der Waals surface area (Å²) in [4.78, 5) is 11.4. The SMILES string of the molecule is C=C(C)C(=O)O[S+](CCCS(=O)(=O)[O-])CCSC. The van der Waals surface area contributed by atoms with Crippen LogP contribution >= 0.6 is 11.8 Å². The zero-order chi connectivity index (χ0) is 14.2. The largest absolute Gasteiger partial charge is 0.748 e. The lowest BCUT2D eigenvalue weighted by Gasteiger charge is -2.08. The van der Waals surface area contributed by atoms with Crippen molar-refractivity contribution < 1.29 is 21.9 Å². The van der Waals surface area contributed by atoms with E-state index in [1.807, 2.05) is 6.26 Å². The van der Waals surface area contributed by atoms with Crippen LogP contribution in [0.2, 0.25) is 0 Å². The van der Waals surface area contributed by atoms with Gasteiger partial charge < -0.3 is 4.55 Å². The molecule has 18 heavy (non-hydrogen) atoms. The van der Waals surface area contributed by atoms with Crippen molar-refractivity contribution in [3.05, 3.63) is 12.2 Å². The van der Waals surface area contributed by atoms with Crippen LogP contribution < -0.4 is 0 Å². The number of hydrogen-bond donors (Lipinski definition) is 0. The third kappa shape index (κ3) is 9.81. The molecular formula is C10H18O5S3. The summed E-state index contributed by atoms with van der Waals surface area (Å²) in [5.74, 6) is 1.00. The predicted octanol–water partition coefficient (Wildman–Crippen LogP) is 0.937. The molecule has 0 spiro atoms. The van der Waals surface area contributed by atoms with Gasteiger partial charge in [0.05, 0.1) is 10.1 Å². The molecule has 0 aromatic rings. The first-order valence-electron chi connectivity index (χ1n) is 5.24. The highest BCUT2D eigenvalue weighted by Crippen LogP contribution is 2.09. The van der Waals surface area contributed by atoms with Gasteiger partial charge in [-0.05, 0) is 13.2 Å². The lowest BCUT2D eigenvalue weighted by molar-refractivity contribution is -0.129. The Morgan fingerprint density at radius 2 is 2.06 bits per heavy atom. The van der Waals surface area contributed by atoms with Crippen LogP contribution in [0, 0.1) is 0 Å². The molecule has 0 aliphatic rings. The van der Waals surface area contributed by atoms with Crippen molar-refractivity contribution in [3.63, 3.8) is 0 Å². The van der Waals surface area contributed by atoms with Crippen LogP contribution in [0.15, 0.2) is 12.2 Å². The molecule has 1 unspecified atom stereocenters. The molecule has 0 radical (unpaired) electrons. The van der Waals surface area contributed by atoms with E-state index in [1.165, 1.54) is 0 Å². The normalized spacial score (nSPS) is 13.1. The van der Waals surface area contributed by atoms with Gasteiger partial charge in [0.15, 0.2) is 11.5 Å². The summed E-state index contributed by atoms with van der Waals surface area (Å²) in [6.07, 6.45) is 2.15. The summed E-state index contributed by atoms with van der Waals surface area (Å²) in [6.45, 7) is 5.04. The van der Waals surface area contributed by atoms with Crippen LogP contribution in [0.1, 0.15) is 13.3 Å². The Balaban J connectivity index is 4.22. The van der Waals surface area contributed by atoms with E-state index in [1.54, 1.807) is 18.7 Å². The van der Waals surface area contributed by atoms with Crippen molar-refractivity contribution in [2.75, 3.05) is 29.3 Å². The maximum Gasteiger partial charge on any atom is 0.389 e. The Hall–Kier alpha value is -0.180. The molecule has 0 aromatic heterocycles. The first kappa shape index (κ1) is 17.8. The number of rotatable bonds is 9. The molecule has 1 atom stereocenters. The molecule has 0 N–H and O–H groups in total. The molecule has 5 nitrogen and oxygen atoms in total. The van der Waals surface area contributed by atoms with Gasteiger partial charge in [-0.15, -0.1) is 0 Å². The molecule has 0 aliphatic carbocycles. The third-order valence-electron chi connectivity index (χ3n) is 1.82. The van der Waals surface area contributed by atoms with Crippen LogP contribution in [-0.2, 0) is 30.3 Å². The Labute approximate surface area is 116 Å². The van der Waals surface area contributed by atoms with Gasteiger partial charge >= 0.3 is 5.97 Å². The van der Waals surface area contributed by atoms with Crippen molar-refractivity contribution in [3.8, 4) is 0 Å². The standard InChI is InChI=1S/C10H18O5S3/c1-9(2)10(11)15-17(7-5-16-3)6-4-8-18(12,13)14/h1,4-8H2,2-3H3. The first-order valence-corrected chi connectivity index (χ1v) is 9.70. The average molecular weight is 314 g/mol. The summed E-state index contributed by atoms with van der Waals surface area (Å²) in [6, 6.07) is 0. The van der Waals surface area contributed by atoms with Crippen molar-refractivity contribution in [2.24, 2.45) is 0 Å². The molecule has 8 heteroatoms. The van der Waals surface area contributed by atoms with Crippen LogP contribution in [0.25, 0.3) is 0 Å². The fourth-order valence-electron chi connectivity index (χ4n) is 0.937. The average Bonchev–Trinajstić information content (AvgIpc) is 2.23. The van der Waals surface area contributed by atoms with Gasteiger partial charge in [0.2, 0.25) is 11.2 Å². The van der Waals surface area contributed by atoms with E-state index in [2.05, 4.69) is 6.58 Å². The smallest absolute Gasteiger partial charge is 0.389 e. The second kappa shape index (κ2) is 8.84. The first-order chi connectivity index (χ1) is 8.26. The summed E-state index contributed by atoms with van der Waals surface area (Å²) < 4.78 is 36.6. The van der Waals surface area contributed by atoms with Crippen molar-refractivity contribution >= 4 is 39.0 Å². The van der Waals surface area contributed by atoms with Gasteiger partial charge in [0, 0.05) is 23.5 Å². The Bertz CT molecular complexity index is 377. The molecule has 0 saturated carbocycles. The maximum absolute atomic E-state index is 11.4. The second-order valence-corrected chi connectivity index (χ2v) is 7.98. The maximum atomic E-state index is 11.4. The highest BCUT2D eigenvalue weighted by Gasteiger charge is 2.25. The van der Waals surface area contributed by atoms with Crippen molar-refractivity contribution in [2.45, 2.75) is 13.3 Å². The van der Waals surface area contributed by atoms with Crippen LogP contribution in [-0.4, -0.2) is 48.2 Å². The van der Waals surface area contributed by atoms with Crippen LogP contribution in [0.3, 0.4) is 0 Å². The summed E-state index contributed by atoms with van der Waals surface area (Å²) in [5.41, 5.74) is 0.313. The lowest BCUT2D eigenvalue weighted by Crippen LogP contribution is -2.23. The molecule has 0 rings (SSSR count). The van der Waals surface area contributed by atoms with Crippen LogP contribution in [0.5, 0.6) is 0 Å². The fourth-order valence-corrected chi connectivity index (χ4v) is 4.22. The molecule has 0 aliphatic heterocycles. The molecular weight excluding hydrogens is 296 g/mol. The predicted molar refractivity (Wildman–Crippen MR) is 75.6 cm³/mol. The molecule has 0 heterocycles. The van der Waals surface area contributed by atoms with Gasteiger partial charge in [0.1, 0.15) is 0 Å². The lowest BCUT2D eigenvalue weighted by atomic mass is 10.4. The second-order valence-electron chi connectivity index (χ2n) is 3.61. The van der Waals surface area contributed by atoms with E-state index in [4.69, 9.17) is 4.18 Å². The molecule has 0 saturated heterocycles. The summed E-state index contributed by atoms with van der Waals surface area (Å²) >= 11 is 0.973. The molecule has 0 bridgehead atoms. The van der Waals surface area contributed by atoms with E-state index >= 15 is 0 Å². The van der Waals surface area contributed by atoms with Crippen LogP contribution in [0.4, 0.5) is 0 Å². The Kier molecular flexibility index (Phi) is 8.75. The number of thioether (sulfide) groups is 1. The number of hydrogen-bond acceptors (Lipinski definition) is 6. The van der Waals surface area contributed by atoms with Crippen molar-refractivity contribution in [1.82, 2.24) is 0 Å². The molecule has 0 fully saturated rings. The third-order valence-corrected chi connectivity index (χ3v) is 5.27. The van der Waals surface area contributed by atoms with E-state index in [0.29, 0.717) is 17.1 Å². The zero-order valence-corrected chi connectivity index (χ0v) is 13.0. The zero-order valence-electron chi connectivity index (χ0n) is 10.5. The minimum absolute atomic E-state index is 0.215. The van der Waals surface area contributed by atoms with E-state index in [9.17, 15) is 17.8 Å². The number of carbonyl (C=O) groups excluding carboxylic acids is 1. The van der Waals surface area contributed by atoms with Gasteiger partial charge in [-0.2, -0.15) is 11.8 Å². The summed E-state index contributed by atoms with van der Waals surface area (Å²) in [5, 5.41) is 0. The molecule has 106 valence electrons.